The summed E-state index contributed by atoms with van der Waals surface area (Å²) in [5.74, 6) is -0.442. The fraction of sp³-hybridized carbons (Fsp3) is 0.276. The van der Waals surface area contributed by atoms with Gasteiger partial charge in [-0.3, -0.25) is 4.79 Å². The highest BCUT2D eigenvalue weighted by atomic mass is 32.2. The number of rotatable bonds is 10. The number of nitrogens with one attached hydrogen (secondary N) is 1. The number of alkyl halides is 3. The van der Waals surface area contributed by atoms with Crippen molar-refractivity contribution < 1.29 is 26.4 Å². The number of carbonyl (C=O) groups excluding carboxylic acids is 1. The van der Waals surface area contributed by atoms with Gasteiger partial charge in [-0.15, -0.1) is 0 Å². The number of sulfonamides is 1. The Morgan fingerprint density at radius 3 is 2.33 bits per heavy atom. The highest BCUT2D eigenvalue weighted by Crippen LogP contribution is 2.31. The molecule has 4 rings (SSSR count). The summed E-state index contributed by atoms with van der Waals surface area (Å²) in [6.45, 7) is 3.26. The molecule has 0 spiro atoms. The molecule has 39 heavy (non-hydrogen) atoms. The van der Waals surface area contributed by atoms with Crippen LogP contribution in [-0.2, 0) is 34.0 Å². The Balaban J connectivity index is 1.59. The average Bonchev–Trinajstić information content (AvgIpc) is 3.32. The van der Waals surface area contributed by atoms with Gasteiger partial charge in [0.05, 0.1) is 17.0 Å². The number of hydrogen-bond acceptors (Lipinski definition) is 3. The summed E-state index contributed by atoms with van der Waals surface area (Å²) in [6.07, 6.45) is -2.27. The van der Waals surface area contributed by atoms with Gasteiger partial charge < -0.3 is 9.88 Å². The summed E-state index contributed by atoms with van der Waals surface area (Å²) in [5, 5.41) is 1.04. The van der Waals surface area contributed by atoms with Gasteiger partial charge in [-0.2, -0.15) is 17.5 Å². The lowest BCUT2D eigenvalue weighted by molar-refractivity contribution is -0.137. The first-order valence-corrected chi connectivity index (χ1v) is 14.0. The average molecular weight is 558 g/mol. The minimum absolute atomic E-state index is 0.261. The molecule has 1 N–H and O–H groups in total. The highest BCUT2D eigenvalue weighted by molar-refractivity contribution is 7.89. The van der Waals surface area contributed by atoms with E-state index >= 15 is 0 Å². The van der Waals surface area contributed by atoms with E-state index in [4.69, 9.17) is 0 Å². The number of halogens is 3. The lowest BCUT2D eigenvalue weighted by Crippen LogP contribution is -2.46. The Morgan fingerprint density at radius 2 is 1.64 bits per heavy atom. The molecular formula is C29H30F3N3O3S. The van der Waals surface area contributed by atoms with Crippen LogP contribution in [0, 0.1) is 0 Å². The van der Waals surface area contributed by atoms with Crippen LogP contribution < -0.4 is 0 Å². The molecule has 0 saturated heterocycles. The van der Waals surface area contributed by atoms with Gasteiger partial charge in [0.15, 0.2) is 0 Å². The molecule has 0 atom stereocenters. The normalized spacial score (nSPS) is 12.4. The molecule has 0 bridgehead atoms. The first kappa shape index (κ1) is 28.4. The molecule has 6 nitrogen and oxygen atoms in total. The second-order valence-corrected chi connectivity index (χ2v) is 11.5. The number of nitrogens with zero attached hydrogens (tertiary/aromatic N) is 2. The summed E-state index contributed by atoms with van der Waals surface area (Å²) < 4.78 is 67.6. The summed E-state index contributed by atoms with van der Waals surface area (Å²) in [5.41, 5.74) is 1.81. The zero-order valence-corrected chi connectivity index (χ0v) is 22.5. The third kappa shape index (κ3) is 6.69. The summed E-state index contributed by atoms with van der Waals surface area (Å²) >= 11 is 0. The molecule has 10 heteroatoms. The van der Waals surface area contributed by atoms with Crippen LogP contribution in [0.2, 0.25) is 0 Å². The van der Waals surface area contributed by atoms with E-state index in [1.54, 1.807) is 18.7 Å². The smallest absolute Gasteiger partial charge is 0.361 e. The molecule has 1 heterocycles. The van der Waals surface area contributed by atoms with Crippen molar-refractivity contribution >= 4 is 26.8 Å². The van der Waals surface area contributed by atoms with Crippen LogP contribution in [0.15, 0.2) is 90.0 Å². The fourth-order valence-electron chi connectivity index (χ4n) is 4.44. The van der Waals surface area contributed by atoms with Crippen LogP contribution in [0.3, 0.4) is 0 Å². The Labute approximate surface area is 226 Å². The maximum atomic E-state index is 13.6. The Morgan fingerprint density at radius 1 is 0.949 bits per heavy atom. The predicted molar refractivity (Wildman–Crippen MR) is 144 cm³/mol. The number of amides is 1. The largest absolute Gasteiger partial charge is 0.416 e. The number of aromatic amines is 1. The molecule has 0 saturated carbocycles. The van der Waals surface area contributed by atoms with Crippen LogP contribution in [0.5, 0.6) is 0 Å². The predicted octanol–water partition coefficient (Wildman–Crippen LogP) is 5.86. The first-order valence-electron chi connectivity index (χ1n) is 12.5. The van der Waals surface area contributed by atoms with Crippen molar-refractivity contribution in [2.45, 2.75) is 43.9 Å². The van der Waals surface area contributed by atoms with Gasteiger partial charge in [0, 0.05) is 36.2 Å². The van der Waals surface area contributed by atoms with Gasteiger partial charge >= 0.3 is 6.18 Å². The minimum atomic E-state index is -4.70. The van der Waals surface area contributed by atoms with E-state index in [0.717, 1.165) is 44.5 Å². The number of fused-ring (bicyclic) bond motifs is 1. The number of H-pyrrole nitrogens is 1. The lowest BCUT2D eigenvalue weighted by Gasteiger charge is -2.29. The van der Waals surface area contributed by atoms with E-state index in [0.29, 0.717) is 19.0 Å². The zero-order chi connectivity index (χ0) is 28.2. The third-order valence-corrected chi connectivity index (χ3v) is 8.55. The number of hydrogen-bond donors (Lipinski definition) is 1. The maximum absolute atomic E-state index is 13.6. The number of para-hydroxylation sites is 1. The molecule has 1 amide bonds. The second kappa shape index (κ2) is 11.6. The standard InChI is InChI=1S/C29H30F3N3O3S/c1-21(2)35(39(37,38)25-12-8-11-24(17-25)29(30,31)32)20-28(36)34(19-22-9-4-3-5-10-22)16-15-23-18-33-27-14-7-6-13-26(23)27/h3-14,17-18,21,33H,15-16,19-20H2,1-2H3. The zero-order valence-electron chi connectivity index (χ0n) is 21.6. The summed E-state index contributed by atoms with van der Waals surface area (Å²) in [6, 6.07) is 20.1. The SMILES string of the molecule is CC(C)N(CC(=O)N(CCc1c[nH]c2ccccc12)Cc1ccccc1)S(=O)(=O)c1cccc(C(F)(F)F)c1. The van der Waals surface area contributed by atoms with E-state index in [1.807, 2.05) is 60.8 Å². The second-order valence-electron chi connectivity index (χ2n) is 9.58. The van der Waals surface area contributed by atoms with Crippen molar-refractivity contribution in [3.8, 4) is 0 Å². The molecule has 0 aliphatic heterocycles. The molecule has 206 valence electrons. The van der Waals surface area contributed by atoms with Crippen molar-refractivity contribution in [2.75, 3.05) is 13.1 Å². The monoisotopic (exact) mass is 557 g/mol. The Hall–Kier alpha value is -3.63. The van der Waals surface area contributed by atoms with Crippen molar-refractivity contribution in [3.63, 3.8) is 0 Å². The molecule has 0 aliphatic rings. The van der Waals surface area contributed by atoms with Crippen LogP contribution in [0.25, 0.3) is 10.9 Å². The van der Waals surface area contributed by atoms with E-state index in [9.17, 15) is 26.4 Å². The Kier molecular flexibility index (Phi) is 8.46. The quantitative estimate of drug-likeness (QED) is 0.266. The molecule has 0 fully saturated rings. The van der Waals surface area contributed by atoms with Gasteiger partial charge in [0.25, 0.3) is 0 Å². The molecule has 4 aromatic rings. The number of aromatic nitrogens is 1. The number of carbonyl (C=O) groups is 1. The van der Waals surface area contributed by atoms with E-state index in [2.05, 4.69) is 4.98 Å². The lowest BCUT2D eigenvalue weighted by atomic mass is 10.1. The summed E-state index contributed by atoms with van der Waals surface area (Å²) in [4.78, 5) is 17.9. The third-order valence-electron chi connectivity index (χ3n) is 6.53. The van der Waals surface area contributed by atoms with Crippen LogP contribution in [-0.4, -0.2) is 47.6 Å². The maximum Gasteiger partial charge on any atom is 0.416 e. The van der Waals surface area contributed by atoms with E-state index in [-0.39, 0.29) is 6.54 Å². The van der Waals surface area contributed by atoms with Crippen LogP contribution >= 0.6 is 0 Å². The fourth-order valence-corrected chi connectivity index (χ4v) is 6.07. The van der Waals surface area contributed by atoms with Crippen molar-refractivity contribution in [3.05, 3.63) is 102 Å². The molecule has 0 radical (unpaired) electrons. The van der Waals surface area contributed by atoms with Crippen LogP contribution in [0.4, 0.5) is 13.2 Å². The van der Waals surface area contributed by atoms with Crippen LogP contribution in [0.1, 0.15) is 30.5 Å². The molecule has 0 unspecified atom stereocenters. The topological polar surface area (TPSA) is 73.5 Å². The molecule has 3 aromatic carbocycles. The van der Waals surface area contributed by atoms with Crippen molar-refractivity contribution in [2.24, 2.45) is 0 Å². The molecular weight excluding hydrogens is 527 g/mol. The van der Waals surface area contributed by atoms with Gasteiger partial charge in [-0.25, -0.2) is 8.42 Å². The van der Waals surface area contributed by atoms with Gasteiger partial charge in [0.1, 0.15) is 0 Å². The highest BCUT2D eigenvalue weighted by Gasteiger charge is 2.35. The van der Waals surface area contributed by atoms with E-state index in [1.165, 1.54) is 0 Å². The Bertz CT molecular complexity index is 1530. The van der Waals surface area contributed by atoms with Crippen molar-refractivity contribution in [1.82, 2.24) is 14.2 Å². The van der Waals surface area contributed by atoms with E-state index < -0.39 is 45.2 Å². The number of benzene rings is 3. The minimum Gasteiger partial charge on any atom is -0.361 e. The molecule has 1 aromatic heterocycles. The van der Waals surface area contributed by atoms with Gasteiger partial charge in [0.2, 0.25) is 15.9 Å². The summed E-state index contributed by atoms with van der Waals surface area (Å²) in [7, 11) is -4.39. The van der Waals surface area contributed by atoms with Crippen molar-refractivity contribution in [1.29, 1.82) is 0 Å². The first-order chi connectivity index (χ1) is 18.5. The molecule has 0 aliphatic carbocycles. The van der Waals surface area contributed by atoms with Gasteiger partial charge in [-0.1, -0.05) is 54.6 Å². The van der Waals surface area contributed by atoms with Gasteiger partial charge in [-0.05, 0) is 55.7 Å².